The Balaban J connectivity index is 1.60. The third kappa shape index (κ3) is 2.94. The Bertz CT molecular complexity index is 1030. The predicted molar refractivity (Wildman–Crippen MR) is 127 cm³/mol. The van der Waals surface area contributed by atoms with Gasteiger partial charge in [0.25, 0.3) is 0 Å². The molecule has 0 saturated carbocycles. The quantitative estimate of drug-likeness (QED) is 0.405. The molecular weight excluding hydrogens is 364 g/mol. The van der Waals surface area contributed by atoms with Gasteiger partial charge in [-0.3, -0.25) is 0 Å². The molecule has 2 unspecified atom stereocenters. The van der Waals surface area contributed by atoms with Crippen LogP contribution in [0.2, 0.25) is 13.1 Å². The van der Waals surface area contributed by atoms with Crippen molar-refractivity contribution in [2.24, 2.45) is 11.8 Å². The van der Waals surface area contributed by atoms with E-state index < -0.39 is 8.07 Å². The second kappa shape index (κ2) is 6.99. The van der Waals surface area contributed by atoms with Gasteiger partial charge >= 0.3 is 0 Å². The first-order valence-corrected chi connectivity index (χ1v) is 14.4. The monoisotopic (exact) mass is 396 g/mol. The molecule has 0 heterocycles. The Morgan fingerprint density at radius 3 is 2.07 bits per heavy atom. The molecule has 0 nitrogen and oxygen atoms in total. The summed E-state index contributed by atoms with van der Waals surface area (Å²) < 4.78 is 0. The van der Waals surface area contributed by atoms with Crippen LogP contribution in [0.4, 0.5) is 0 Å². The Hall–Kier alpha value is -2.12. The predicted octanol–water partition coefficient (Wildman–Crippen LogP) is 7.39. The van der Waals surface area contributed by atoms with Crippen LogP contribution >= 0.6 is 0 Å². The zero-order chi connectivity index (χ0) is 20.2. The van der Waals surface area contributed by atoms with Gasteiger partial charge in [-0.05, 0) is 69.1 Å². The molecule has 2 aliphatic rings. The highest BCUT2D eigenvalue weighted by Crippen LogP contribution is 2.54. The SMILES string of the molecule is C[C@@H]1Cc2ccccc2C1[Si](C)(C)C1c2cccc(-c3ccccc3)c2C[C@@H]1C. The van der Waals surface area contributed by atoms with Gasteiger partial charge in [-0.1, -0.05) is 99.7 Å². The van der Waals surface area contributed by atoms with Crippen molar-refractivity contribution in [3.8, 4) is 11.1 Å². The molecule has 5 rings (SSSR count). The number of benzene rings is 3. The summed E-state index contributed by atoms with van der Waals surface area (Å²) in [5.41, 5.74) is 10.9. The summed E-state index contributed by atoms with van der Waals surface area (Å²) in [6.07, 6.45) is 2.49. The molecule has 3 aromatic carbocycles. The van der Waals surface area contributed by atoms with Crippen molar-refractivity contribution in [2.75, 3.05) is 0 Å². The largest absolute Gasteiger partial charge is 0.0684 e. The highest BCUT2D eigenvalue weighted by atomic mass is 28.3. The number of fused-ring (bicyclic) bond motifs is 2. The van der Waals surface area contributed by atoms with Crippen LogP contribution < -0.4 is 0 Å². The highest BCUT2D eigenvalue weighted by molar-refractivity contribution is 6.80. The maximum absolute atomic E-state index is 2.68. The maximum Gasteiger partial charge on any atom is 0.0634 e. The molecule has 2 aliphatic carbocycles. The van der Waals surface area contributed by atoms with Gasteiger partial charge in [0.1, 0.15) is 0 Å². The van der Waals surface area contributed by atoms with Crippen LogP contribution in [-0.4, -0.2) is 8.07 Å². The smallest absolute Gasteiger partial charge is 0.0634 e. The van der Waals surface area contributed by atoms with Crippen LogP contribution in [0, 0.1) is 11.8 Å². The summed E-state index contributed by atoms with van der Waals surface area (Å²) in [6, 6.07) is 27.4. The molecule has 0 bridgehead atoms. The fourth-order valence-electron chi connectivity index (χ4n) is 7.01. The van der Waals surface area contributed by atoms with E-state index in [9.17, 15) is 0 Å². The average Bonchev–Trinajstić information content (AvgIpc) is 3.24. The van der Waals surface area contributed by atoms with Crippen LogP contribution in [0.15, 0.2) is 72.8 Å². The van der Waals surface area contributed by atoms with Crippen LogP contribution in [-0.2, 0) is 12.8 Å². The van der Waals surface area contributed by atoms with E-state index in [-0.39, 0.29) is 0 Å². The molecule has 0 saturated heterocycles. The molecule has 1 heteroatoms. The summed E-state index contributed by atoms with van der Waals surface area (Å²) in [6.45, 7) is 10.4. The van der Waals surface area contributed by atoms with Crippen LogP contribution in [0.3, 0.4) is 0 Å². The molecule has 0 N–H and O–H groups in total. The zero-order valence-electron chi connectivity index (χ0n) is 18.2. The van der Waals surface area contributed by atoms with Crippen molar-refractivity contribution in [1.82, 2.24) is 0 Å². The van der Waals surface area contributed by atoms with E-state index in [1.54, 1.807) is 22.3 Å². The third-order valence-electron chi connectivity index (χ3n) is 7.83. The summed E-state index contributed by atoms with van der Waals surface area (Å²) >= 11 is 0. The van der Waals surface area contributed by atoms with Crippen molar-refractivity contribution in [1.29, 1.82) is 0 Å². The summed E-state index contributed by atoms with van der Waals surface area (Å²) in [7, 11) is -1.59. The number of hydrogen-bond donors (Lipinski definition) is 0. The lowest BCUT2D eigenvalue weighted by molar-refractivity contribution is 0.543. The average molecular weight is 397 g/mol. The van der Waals surface area contributed by atoms with Crippen molar-refractivity contribution in [3.05, 3.63) is 95.1 Å². The standard InChI is InChI=1S/C28H32Si/c1-19-17-22-13-8-9-14-24(22)27(19)29(3,4)28-20(2)18-26-23(15-10-16-25(26)28)21-11-6-5-7-12-21/h5-16,19-20,27-28H,17-18H2,1-4H3/t19-,20+,27?,28?/m1/s1. The molecule has 0 aliphatic heterocycles. The second-order valence-electron chi connectivity index (χ2n) is 10.1. The lowest BCUT2D eigenvalue weighted by Gasteiger charge is -2.41. The Morgan fingerprint density at radius 1 is 0.655 bits per heavy atom. The van der Waals surface area contributed by atoms with Gasteiger partial charge in [0, 0.05) is 0 Å². The molecule has 3 aromatic rings. The van der Waals surface area contributed by atoms with E-state index in [1.165, 1.54) is 24.0 Å². The van der Waals surface area contributed by atoms with Crippen LogP contribution in [0.1, 0.15) is 47.2 Å². The third-order valence-corrected chi connectivity index (χ3v) is 12.8. The minimum Gasteiger partial charge on any atom is -0.0684 e. The van der Waals surface area contributed by atoms with Gasteiger partial charge in [-0.15, -0.1) is 0 Å². The molecule has 4 atom stereocenters. The van der Waals surface area contributed by atoms with Gasteiger partial charge in [-0.25, -0.2) is 0 Å². The van der Waals surface area contributed by atoms with Crippen molar-refractivity contribution >= 4 is 8.07 Å². The fraction of sp³-hybridized carbons (Fsp3) is 0.357. The molecular formula is C28H32Si. The number of hydrogen-bond acceptors (Lipinski definition) is 0. The normalized spacial score (nSPS) is 25.7. The topological polar surface area (TPSA) is 0 Å². The first kappa shape index (κ1) is 18.9. The molecule has 29 heavy (non-hydrogen) atoms. The van der Waals surface area contributed by atoms with Crippen molar-refractivity contribution < 1.29 is 0 Å². The molecule has 0 fully saturated rings. The summed E-state index contributed by atoms with van der Waals surface area (Å²) in [4.78, 5) is 0. The zero-order valence-corrected chi connectivity index (χ0v) is 19.2. The van der Waals surface area contributed by atoms with E-state index in [2.05, 4.69) is 99.7 Å². The summed E-state index contributed by atoms with van der Waals surface area (Å²) in [5, 5.41) is 0. The molecule has 0 spiro atoms. The molecule has 0 aromatic heterocycles. The minimum absolute atomic E-state index is 0.733. The highest BCUT2D eigenvalue weighted by Gasteiger charge is 2.50. The van der Waals surface area contributed by atoms with E-state index in [1.807, 2.05) is 0 Å². The molecule has 0 radical (unpaired) electrons. The van der Waals surface area contributed by atoms with Gasteiger partial charge in [0.2, 0.25) is 0 Å². The van der Waals surface area contributed by atoms with Crippen molar-refractivity contribution in [2.45, 2.75) is 50.9 Å². The van der Waals surface area contributed by atoms with E-state index >= 15 is 0 Å². The Kier molecular flexibility index (Phi) is 4.55. The van der Waals surface area contributed by atoms with Gasteiger partial charge in [0.05, 0.1) is 8.07 Å². The minimum atomic E-state index is -1.59. The summed E-state index contributed by atoms with van der Waals surface area (Å²) in [5.74, 6) is 1.50. The number of rotatable bonds is 3. The van der Waals surface area contributed by atoms with E-state index in [0.717, 1.165) is 22.9 Å². The van der Waals surface area contributed by atoms with Crippen LogP contribution in [0.25, 0.3) is 11.1 Å². The first-order valence-electron chi connectivity index (χ1n) is 11.2. The van der Waals surface area contributed by atoms with Gasteiger partial charge < -0.3 is 0 Å². The lowest BCUT2D eigenvalue weighted by atomic mass is 9.97. The van der Waals surface area contributed by atoms with E-state index in [4.69, 9.17) is 0 Å². The maximum atomic E-state index is 2.68. The van der Waals surface area contributed by atoms with Gasteiger partial charge in [0.15, 0.2) is 0 Å². The first-order chi connectivity index (χ1) is 14.0. The Morgan fingerprint density at radius 2 is 1.28 bits per heavy atom. The fourth-order valence-corrected chi connectivity index (χ4v) is 12.7. The Labute approximate surface area is 177 Å². The van der Waals surface area contributed by atoms with E-state index in [0.29, 0.717) is 0 Å². The lowest BCUT2D eigenvalue weighted by Crippen LogP contribution is -2.45. The molecule has 0 amide bonds. The van der Waals surface area contributed by atoms with Gasteiger partial charge in [-0.2, -0.15) is 0 Å². The van der Waals surface area contributed by atoms with Crippen molar-refractivity contribution in [3.63, 3.8) is 0 Å². The second-order valence-corrected chi connectivity index (χ2v) is 15.0. The van der Waals surface area contributed by atoms with Crippen LogP contribution in [0.5, 0.6) is 0 Å². The molecule has 148 valence electrons.